The fourth-order valence-corrected chi connectivity index (χ4v) is 6.31. The van der Waals surface area contributed by atoms with Crippen LogP contribution in [0.2, 0.25) is 10.2 Å². The summed E-state index contributed by atoms with van der Waals surface area (Å²) in [4.78, 5) is 45.1. The molecule has 1 saturated carbocycles. The van der Waals surface area contributed by atoms with Gasteiger partial charge in [-0.2, -0.15) is 4.98 Å². The molecule has 2 aliphatic rings. The van der Waals surface area contributed by atoms with E-state index in [1.807, 2.05) is 40.7 Å². The average molecular weight is 602 g/mol. The summed E-state index contributed by atoms with van der Waals surface area (Å²) < 4.78 is 7.30. The molecule has 1 saturated heterocycles. The molecule has 1 aliphatic heterocycles. The first kappa shape index (κ1) is 29.6. The summed E-state index contributed by atoms with van der Waals surface area (Å²) in [6.45, 7) is 16.7. The van der Waals surface area contributed by atoms with Crippen molar-refractivity contribution in [3.05, 3.63) is 50.2 Å². The van der Waals surface area contributed by atoms with Gasteiger partial charge in [0.05, 0.1) is 27.8 Å². The highest BCUT2D eigenvalue weighted by Gasteiger charge is 2.45. The van der Waals surface area contributed by atoms with Crippen LogP contribution in [0.5, 0.6) is 0 Å². The van der Waals surface area contributed by atoms with E-state index >= 15 is 0 Å². The standard InChI is InChI=1S/C30H38Cl2N6O3/c1-16-11-12-33-21(18-9-10-18)22(16)38-26-19(15-20(31)24(32)34-26)25(35-27(38)39)36-13-14-37(28(40)41-30(6,7)8)23(17(36)2)29(3,4)5/h11-12,15,17-18,23H,9-10,13-14H2,1-8H3/t17?,23-/m1/s1. The van der Waals surface area contributed by atoms with E-state index in [0.717, 1.165) is 24.1 Å². The van der Waals surface area contributed by atoms with Crippen LogP contribution in [0.1, 0.15) is 78.5 Å². The van der Waals surface area contributed by atoms with Gasteiger partial charge in [0.1, 0.15) is 16.6 Å². The van der Waals surface area contributed by atoms with Crippen LogP contribution >= 0.6 is 23.2 Å². The number of rotatable bonds is 3. The molecule has 1 amide bonds. The van der Waals surface area contributed by atoms with E-state index in [4.69, 9.17) is 27.9 Å². The monoisotopic (exact) mass is 600 g/mol. The number of fused-ring (bicyclic) bond motifs is 1. The van der Waals surface area contributed by atoms with E-state index in [0.29, 0.717) is 41.5 Å². The summed E-state index contributed by atoms with van der Waals surface area (Å²) in [5.74, 6) is 0.759. The van der Waals surface area contributed by atoms with E-state index in [2.05, 4.69) is 40.6 Å². The molecule has 3 aromatic rings. The third-order valence-electron chi connectivity index (χ3n) is 7.75. The number of carbonyl (C=O) groups is 1. The zero-order chi connectivity index (χ0) is 30.0. The summed E-state index contributed by atoms with van der Waals surface area (Å²) in [5.41, 5.74) is 1.46. The molecule has 1 aliphatic carbocycles. The van der Waals surface area contributed by atoms with Gasteiger partial charge in [0.2, 0.25) is 0 Å². The lowest BCUT2D eigenvalue weighted by Crippen LogP contribution is -2.65. The Labute approximate surface area is 250 Å². The largest absolute Gasteiger partial charge is 0.444 e. The van der Waals surface area contributed by atoms with Crippen molar-refractivity contribution in [3.8, 4) is 5.69 Å². The van der Waals surface area contributed by atoms with Gasteiger partial charge in [-0.1, -0.05) is 44.0 Å². The number of pyridine rings is 2. The summed E-state index contributed by atoms with van der Waals surface area (Å²) in [7, 11) is 0. The minimum Gasteiger partial charge on any atom is -0.444 e. The molecule has 2 atom stereocenters. The van der Waals surface area contributed by atoms with Crippen molar-refractivity contribution in [2.75, 3.05) is 18.0 Å². The van der Waals surface area contributed by atoms with Crippen molar-refractivity contribution in [1.82, 2.24) is 24.4 Å². The number of anilines is 1. The minimum atomic E-state index is -0.617. The van der Waals surface area contributed by atoms with Crippen LogP contribution < -0.4 is 10.6 Å². The molecular formula is C30H38Cl2N6O3. The normalized spacial score (nSPS) is 20.0. The third-order valence-corrected chi connectivity index (χ3v) is 8.43. The van der Waals surface area contributed by atoms with Crippen LogP contribution in [0.4, 0.5) is 10.6 Å². The van der Waals surface area contributed by atoms with Crippen LogP contribution in [-0.4, -0.2) is 61.3 Å². The average Bonchev–Trinajstić information content (AvgIpc) is 3.69. The van der Waals surface area contributed by atoms with Gasteiger partial charge in [0, 0.05) is 31.2 Å². The zero-order valence-electron chi connectivity index (χ0n) is 25.0. The number of hydrogen-bond donors (Lipinski definition) is 0. The van der Waals surface area contributed by atoms with Crippen molar-refractivity contribution in [2.45, 2.75) is 91.8 Å². The highest BCUT2D eigenvalue weighted by atomic mass is 35.5. The Kier molecular flexibility index (Phi) is 7.52. The molecule has 4 heterocycles. The second-order valence-electron chi connectivity index (χ2n) is 13.2. The quantitative estimate of drug-likeness (QED) is 0.315. The lowest BCUT2D eigenvalue weighted by atomic mass is 9.80. The van der Waals surface area contributed by atoms with Crippen molar-refractivity contribution >= 4 is 46.1 Å². The first-order valence-corrected chi connectivity index (χ1v) is 14.8. The smallest absolute Gasteiger partial charge is 0.410 e. The third kappa shape index (κ3) is 5.63. The van der Waals surface area contributed by atoms with Crippen LogP contribution in [0, 0.1) is 12.3 Å². The van der Waals surface area contributed by atoms with Gasteiger partial charge in [-0.3, -0.25) is 4.98 Å². The number of ether oxygens (including phenoxy) is 1. The predicted octanol–water partition coefficient (Wildman–Crippen LogP) is 6.53. The molecule has 11 heteroatoms. The van der Waals surface area contributed by atoms with Gasteiger partial charge in [0.25, 0.3) is 0 Å². The zero-order valence-corrected chi connectivity index (χ0v) is 26.5. The number of nitrogens with zero attached hydrogens (tertiary/aromatic N) is 6. The molecule has 0 N–H and O–H groups in total. The first-order valence-electron chi connectivity index (χ1n) is 14.1. The maximum atomic E-state index is 14.0. The topological polar surface area (TPSA) is 93.5 Å². The van der Waals surface area contributed by atoms with Gasteiger partial charge in [0.15, 0.2) is 5.65 Å². The molecule has 0 radical (unpaired) electrons. The second kappa shape index (κ2) is 10.4. The van der Waals surface area contributed by atoms with Gasteiger partial charge < -0.3 is 14.5 Å². The maximum Gasteiger partial charge on any atom is 0.410 e. The molecule has 1 unspecified atom stereocenters. The predicted molar refractivity (Wildman–Crippen MR) is 163 cm³/mol. The lowest BCUT2D eigenvalue weighted by Gasteiger charge is -2.51. The van der Waals surface area contributed by atoms with Gasteiger partial charge in [-0.25, -0.2) is 19.1 Å². The van der Waals surface area contributed by atoms with Gasteiger partial charge in [-0.05, 0) is 70.6 Å². The Morgan fingerprint density at radius 2 is 1.76 bits per heavy atom. The summed E-state index contributed by atoms with van der Waals surface area (Å²) in [6.07, 6.45) is 3.47. The fraction of sp³-hybridized carbons (Fsp3) is 0.567. The van der Waals surface area contributed by atoms with E-state index in [-0.39, 0.29) is 33.8 Å². The molecule has 2 fully saturated rings. The van der Waals surface area contributed by atoms with E-state index < -0.39 is 11.3 Å². The Bertz CT molecular complexity index is 1570. The number of aryl methyl sites for hydroxylation is 1. The van der Waals surface area contributed by atoms with Crippen molar-refractivity contribution in [1.29, 1.82) is 0 Å². The number of piperazine rings is 1. The van der Waals surface area contributed by atoms with Crippen LogP contribution in [-0.2, 0) is 4.74 Å². The molecule has 41 heavy (non-hydrogen) atoms. The highest BCUT2D eigenvalue weighted by Crippen LogP contribution is 2.43. The Balaban J connectivity index is 1.68. The number of amides is 1. The summed E-state index contributed by atoms with van der Waals surface area (Å²) in [5, 5.41) is 0.980. The van der Waals surface area contributed by atoms with E-state index in [1.54, 1.807) is 17.2 Å². The molecule has 9 nitrogen and oxygen atoms in total. The number of halogens is 2. The summed E-state index contributed by atoms with van der Waals surface area (Å²) >= 11 is 13.0. The van der Waals surface area contributed by atoms with Crippen molar-refractivity contribution in [3.63, 3.8) is 0 Å². The van der Waals surface area contributed by atoms with E-state index in [9.17, 15) is 9.59 Å². The van der Waals surface area contributed by atoms with Crippen LogP contribution in [0.3, 0.4) is 0 Å². The summed E-state index contributed by atoms with van der Waals surface area (Å²) in [6, 6.07) is 3.17. The van der Waals surface area contributed by atoms with Crippen LogP contribution in [0.25, 0.3) is 16.7 Å². The van der Waals surface area contributed by atoms with Crippen molar-refractivity contribution in [2.24, 2.45) is 5.41 Å². The molecule has 0 bridgehead atoms. The van der Waals surface area contributed by atoms with Crippen LogP contribution in [0.15, 0.2) is 23.1 Å². The maximum absolute atomic E-state index is 14.0. The minimum absolute atomic E-state index is 0.106. The lowest BCUT2D eigenvalue weighted by molar-refractivity contribution is -0.00820. The molecule has 0 spiro atoms. The Morgan fingerprint density at radius 3 is 2.37 bits per heavy atom. The Hall–Kier alpha value is -2.91. The van der Waals surface area contributed by atoms with Crippen molar-refractivity contribution < 1.29 is 9.53 Å². The molecule has 3 aromatic heterocycles. The molecular weight excluding hydrogens is 563 g/mol. The number of carbonyl (C=O) groups excluding carboxylic acids is 1. The molecule has 220 valence electrons. The van der Waals surface area contributed by atoms with E-state index in [1.165, 1.54) is 4.57 Å². The second-order valence-corrected chi connectivity index (χ2v) is 14.0. The van der Waals surface area contributed by atoms with Gasteiger partial charge in [-0.15, -0.1) is 0 Å². The SMILES string of the molecule is Cc1ccnc(C2CC2)c1-n1c(=O)nc(N2CCN(C(=O)OC(C)(C)C)[C@@H](C(C)(C)C)C2C)c2cc(Cl)c(Cl)nc21. The number of aromatic nitrogens is 4. The number of hydrogen-bond acceptors (Lipinski definition) is 7. The molecule has 5 rings (SSSR count). The van der Waals surface area contributed by atoms with Gasteiger partial charge >= 0.3 is 11.8 Å². The highest BCUT2D eigenvalue weighted by molar-refractivity contribution is 6.41. The molecule has 0 aromatic carbocycles. The Morgan fingerprint density at radius 1 is 1.07 bits per heavy atom. The fourth-order valence-electron chi connectivity index (χ4n) is 6.03. The first-order chi connectivity index (χ1) is 19.1.